The van der Waals surface area contributed by atoms with E-state index in [0.717, 1.165) is 25.3 Å². The molecule has 0 spiro atoms. The Bertz CT molecular complexity index is 586. The number of rotatable bonds is 5. The second-order valence-corrected chi connectivity index (χ2v) is 5.46. The van der Waals surface area contributed by atoms with Crippen LogP contribution in [0.1, 0.15) is 43.9 Å². The van der Waals surface area contributed by atoms with Crippen molar-refractivity contribution >= 4 is 0 Å². The molecule has 1 N–H and O–H groups in total. The molecule has 106 valence electrons. The molecular weight excluding hydrogens is 246 g/mol. The van der Waals surface area contributed by atoms with E-state index in [1.54, 1.807) is 0 Å². The van der Waals surface area contributed by atoms with Gasteiger partial charge in [0, 0.05) is 30.5 Å². The fraction of sp³-hybridized carbons (Fsp3) is 0.471. The van der Waals surface area contributed by atoms with Crippen molar-refractivity contribution in [2.24, 2.45) is 0 Å². The van der Waals surface area contributed by atoms with E-state index in [1.807, 2.05) is 6.20 Å². The quantitative estimate of drug-likeness (QED) is 0.899. The normalized spacial score (nSPS) is 17.4. The Morgan fingerprint density at radius 3 is 3.05 bits per heavy atom. The summed E-state index contributed by atoms with van der Waals surface area (Å²) in [6.45, 7) is 6.45. The lowest BCUT2D eigenvalue weighted by Gasteiger charge is -2.14. The number of benzene rings is 1. The average molecular weight is 269 g/mol. The summed E-state index contributed by atoms with van der Waals surface area (Å²) in [6.07, 6.45) is 7.52. The minimum atomic E-state index is 0.523. The fourth-order valence-electron chi connectivity index (χ4n) is 3.20. The Balaban J connectivity index is 1.97. The SMILES string of the molecule is CCCNC1CCc2c(-c3nccn3CC)cccc21. The first-order valence-electron chi connectivity index (χ1n) is 7.71. The number of hydrogen-bond donors (Lipinski definition) is 1. The number of imidazole rings is 1. The van der Waals surface area contributed by atoms with Crippen LogP contribution in [0.3, 0.4) is 0 Å². The number of fused-ring (bicyclic) bond motifs is 1. The summed E-state index contributed by atoms with van der Waals surface area (Å²) in [4.78, 5) is 4.56. The lowest BCUT2D eigenvalue weighted by molar-refractivity contribution is 0.529. The number of aromatic nitrogens is 2. The molecule has 3 nitrogen and oxygen atoms in total. The van der Waals surface area contributed by atoms with Gasteiger partial charge >= 0.3 is 0 Å². The van der Waals surface area contributed by atoms with Gasteiger partial charge in [-0.2, -0.15) is 0 Å². The number of nitrogens with one attached hydrogen (secondary N) is 1. The monoisotopic (exact) mass is 269 g/mol. The van der Waals surface area contributed by atoms with Gasteiger partial charge in [-0.15, -0.1) is 0 Å². The highest BCUT2D eigenvalue weighted by atomic mass is 15.1. The van der Waals surface area contributed by atoms with Crippen molar-refractivity contribution in [1.82, 2.24) is 14.9 Å². The molecule has 3 heteroatoms. The molecule has 1 unspecified atom stereocenters. The van der Waals surface area contributed by atoms with Crippen LogP contribution >= 0.6 is 0 Å². The predicted octanol–water partition coefficient (Wildman–Crippen LogP) is 3.56. The van der Waals surface area contributed by atoms with Crippen LogP contribution in [0, 0.1) is 0 Å². The van der Waals surface area contributed by atoms with Gasteiger partial charge in [-0.05, 0) is 43.9 Å². The highest BCUT2D eigenvalue weighted by Crippen LogP contribution is 2.37. The maximum absolute atomic E-state index is 4.56. The molecule has 1 aromatic heterocycles. The summed E-state index contributed by atoms with van der Waals surface area (Å²) in [7, 11) is 0. The molecule has 1 aromatic carbocycles. The zero-order chi connectivity index (χ0) is 13.9. The average Bonchev–Trinajstić information content (AvgIpc) is 3.11. The van der Waals surface area contributed by atoms with Gasteiger partial charge in [-0.25, -0.2) is 4.98 Å². The van der Waals surface area contributed by atoms with Crippen molar-refractivity contribution in [2.75, 3.05) is 6.54 Å². The topological polar surface area (TPSA) is 29.9 Å². The van der Waals surface area contributed by atoms with Crippen LogP contribution in [0.4, 0.5) is 0 Å². The van der Waals surface area contributed by atoms with Gasteiger partial charge in [0.25, 0.3) is 0 Å². The summed E-state index contributed by atoms with van der Waals surface area (Å²) >= 11 is 0. The van der Waals surface area contributed by atoms with E-state index in [4.69, 9.17) is 0 Å². The molecule has 1 atom stereocenters. The summed E-state index contributed by atoms with van der Waals surface area (Å²) in [5.74, 6) is 1.11. The van der Waals surface area contributed by atoms with Crippen molar-refractivity contribution < 1.29 is 0 Å². The molecule has 1 aliphatic rings. The standard InChI is InChI=1S/C17H23N3/c1-3-10-18-16-9-8-13-14(16)6-5-7-15(13)17-19-11-12-20(17)4-2/h5-7,11-12,16,18H,3-4,8-10H2,1-2H3. The Labute approximate surface area is 121 Å². The van der Waals surface area contributed by atoms with Gasteiger partial charge in [0.2, 0.25) is 0 Å². The summed E-state index contributed by atoms with van der Waals surface area (Å²) < 4.78 is 2.22. The van der Waals surface area contributed by atoms with E-state index < -0.39 is 0 Å². The van der Waals surface area contributed by atoms with E-state index in [2.05, 4.69) is 53.1 Å². The first kappa shape index (κ1) is 13.4. The van der Waals surface area contributed by atoms with E-state index in [9.17, 15) is 0 Å². The summed E-state index contributed by atoms with van der Waals surface area (Å²) in [5.41, 5.74) is 4.28. The number of aryl methyl sites for hydroxylation is 1. The largest absolute Gasteiger partial charge is 0.331 e. The first-order chi connectivity index (χ1) is 9.85. The van der Waals surface area contributed by atoms with Crippen LogP contribution in [0.15, 0.2) is 30.6 Å². The van der Waals surface area contributed by atoms with E-state index >= 15 is 0 Å². The summed E-state index contributed by atoms with van der Waals surface area (Å²) in [5, 5.41) is 3.66. The Kier molecular flexibility index (Phi) is 3.88. The van der Waals surface area contributed by atoms with Gasteiger partial charge in [0.1, 0.15) is 5.82 Å². The fourth-order valence-corrected chi connectivity index (χ4v) is 3.20. The molecule has 0 fully saturated rings. The maximum Gasteiger partial charge on any atom is 0.140 e. The molecule has 0 saturated heterocycles. The number of nitrogens with zero attached hydrogens (tertiary/aromatic N) is 2. The van der Waals surface area contributed by atoms with E-state index in [1.165, 1.54) is 29.5 Å². The second kappa shape index (κ2) is 5.80. The molecular formula is C17H23N3. The Hall–Kier alpha value is -1.61. The Morgan fingerprint density at radius 1 is 1.35 bits per heavy atom. The molecule has 0 amide bonds. The predicted molar refractivity (Wildman–Crippen MR) is 82.7 cm³/mol. The third kappa shape index (κ3) is 2.27. The lowest BCUT2D eigenvalue weighted by atomic mass is 10.0. The molecule has 20 heavy (non-hydrogen) atoms. The minimum Gasteiger partial charge on any atom is -0.331 e. The molecule has 0 saturated carbocycles. The van der Waals surface area contributed by atoms with Crippen LogP contribution in [-0.2, 0) is 13.0 Å². The van der Waals surface area contributed by atoms with Gasteiger partial charge in [-0.1, -0.05) is 25.1 Å². The van der Waals surface area contributed by atoms with Crippen LogP contribution in [0.5, 0.6) is 0 Å². The minimum absolute atomic E-state index is 0.523. The summed E-state index contributed by atoms with van der Waals surface area (Å²) in [6, 6.07) is 7.19. The smallest absolute Gasteiger partial charge is 0.140 e. The highest BCUT2D eigenvalue weighted by Gasteiger charge is 2.25. The third-order valence-corrected chi connectivity index (χ3v) is 4.21. The third-order valence-electron chi connectivity index (χ3n) is 4.21. The van der Waals surface area contributed by atoms with Crippen molar-refractivity contribution in [3.8, 4) is 11.4 Å². The van der Waals surface area contributed by atoms with E-state index in [-0.39, 0.29) is 0 Å². The zero-order valence-electron chi connectivity index (χ0n) is 12.4. The molecule has 1 heterocycles. The van der Waals surface area contributed by atoms with Crippen LogP contribution in [-0.4, -0.2) is 16.1 Å². The zero-order valence-corrected chi connectivity index (χ0v) is 12.4. The van der Waals surface area contributed by atoms with Gasteiger partial charge in [-0.3, -0.25) is 0 Å². The molecule has 3 rings (SSSR count). The molecule has 1 aliphatic carbocycles. The molecule has 0 aliphatic heterocycles. The van der Waals surface area contributed by atoms with Gasteiger partial charge < -0.3 is 9.88 Å². The van der Waals surface area contributed by atoms with Crippen LogP contribution in [0.25, 0.3) is 11.4 Å². The van der Waals surface area contributed by atoms with E-state index in [0.29, 0.717) is 6.04 Å². The van der Waals surface area contributed by atoms with Crippen molar-refractivity contribution in [2.45, 2.75) is 45.7 Å². The molecule has 2 aromatic rings. The van der Waals surface area contributed by atoms with Gasteiger partial charge in [0.05, 0.1) is 0 Å². The molecule has 0 bridgehead atoms. The Morgan fingerprint density at radius 2 is 2.25 bits per heavy atom. The van der Waals surface area contributed by atoms with Crippen molar-refractivity contribution in [3.63, 3.8) is 0 Å². The first-order valence-corrected chi connectivity index (χ1v) is 7.71. The van der Waals surface area contributed by atoms with Gasteiger partial charge in [0.15, 0.2) is 0 Å². The van der Waals surface area contributed by atoms with Crippen molar-refractivity contribution in [1.29, 1.82) is 0 Å². The second-order valence-electron chi connectivity index (χ2n) is 5.46. The number of hydrogen-bond acceptors (Lipinski definition) is 2. The molecule has 0 radical (unpaired) electrons. The van der Waals surface area contributed by atoms with Crippen molar-refractivity contribution in [3.05, 3.63) is 41.7 Å². The maximum atomic E-state index is 4.56. The van der Waals surface area contributed by atoms with Crippen LogP contribution in [0.2, 0.25) is 0 Å². The highest BCUT2D eigenvalue weighted by molar-refractivity contribution is 5.64. The lowest BCUT2D eigenvalue weighted by Crippen LogP contribution is -2.19. The van der Waals surface area contributed by atoms with Crippen LogP contribution < -0.4 is 5.32 Å².